The Labute approximate surface area is 179 Å². The number of pyridine rings is 1. The van der Waals surface area contributed by atoms with Gasteiger partial charge in [0, 0.05) is 24.2 Å². The third-order valence-corrected chi connectivity index (χ3v) is 5.73. The van der Waals surface area contributed by atoms with E-state index in [9.17, 15) is 0 Å². The highest BCUT2D eigenvalue weighted by Gasteiger charge is 2.37. The second kappa shape index (κ2) is 7.84. The lowest BCUT2D eigenvalue weighted by molar-refractivity contribution is 0.351. The quantitative estimate of drug-likeness (QED) is 0.463. The number of nitrogen functional groups attached to an aromatic ring is 1. The molecule has 0 aliphatic heterocycles. The van der Waals surface area contributed by atoms with E-state index < -0.39 is 5.41 Å². The van der Waals surface area contributed by atoms with Crippen LogP contribution in [0.15, 0.2) is 59.5 Å². The van der Waals surface area contributed by atoms with Gasteiger partial charge in [-0.1, -0.05) is 54.9 Å². The number of nitrogens with two attached hydrogens (primary N) is 1. The second-order valence-electron chi connectivity index (χ2n) is 7.56. The molecule has 0 saturated heterocycles. The number of benzene rings is 1. The molecule has 7 nitrogen and oxygen atoms in total. The van der Waals surface area contributed by atoms with Gasteiger partial charge in [0.05, 0.1) is 11.0 Å². The lowest BCUT2D eigenvalue weighted by atomic mass is 9.72. The Kier molecular flexibility index (Phi) is 5.22. The zero-order valence-electron chi connectivity index (χ0n) is 16.9. The number of hydrogen-bond donors (Lipinski definition) is 1. The van der Waals surface area contributed by atoms with Crippen LogP contribution in [-0.4, -0.2) is 25.1 Å². The Morgan fingerprint density at radius 2 is 1.53 bits per heavy atom. The van der Waals surface area contributed by atoms with Crippen LogP contribution in [0.3, 0.4) is 0 Å². The van der Waals surface area contributed by atoms with Gasteiger partial charge in [0.15, 0.2) is 5.82 Å². The molecule has 0 aliphatic rings. The standard InChI is InChI=1S/C22H21ClN6O/c1-13(2)22(3,20-28-19(30-29-20)15-6-9-18(23)25-10-15)17-7-4-14(5-8-17)16-11-26-21(24)27-12-16/h4-13H,1-3H3,(H2,24,26,27). The number of hydrogen-bond acceptors (Lipinski definition) is 7. The summed E-state index contributed by atoms with van der Waals surface area (Å²) in [5.41, 5.74) is 8.85. The molecular formula is C22H21ClN6O. The van der Waals surface area contributed by atoms with E-state index >= 15 is 0 Å². The molecule has 30 heavy (non-hydrogen) atoms. The predicted octanol–water partition coefficient (Wildman–Crippen LogP) is 4.79. The molecule has 1 aromatic carbocycles. The van der Waals surface area contributed by atoms with Crippen LogP contribution in [0.2, 0.25) is 5.15 Å². The van der Waals surface area contributed by atoms with Crippen molar-refractivity contribution in [3.8, 4) is 22.6 Å². The molecule has 0 radical (unpaired) electrons. The Balaban J connectivity index is 1.69. The monoisotopic (exact) mass is 420 g/mol. The SMILES string of the molecule is CC(C)C(C)(c1ccc(-c2cnc(N)nc2)cc1)c1noc(-c2ccc(Cl)nc2)n1. The maximum atomic E-state index is 5.87. The topological polar surface area (TPSA) is 104 Å². The molecule has 152 valence electrons. The van der Waals surface area contributed by atoms with Crippen molar-refractivity contribution in [2.45, 2.75) is 26.2 Å². The van der Waals surface area contributed by atoms with Gasteiger partial charge in [0.2, 0.25) is 5.95 Å². The maximum Gasteiger partial charge on any atom is 0.259 e. The average molecular weight is 421 g/mol. The fraction of sp³-hybridized carbons (Fsp3) is 0.227. The molecule has 4 rings (SSSR count). The van der Waals surface area contributed by atoms with Gasteiger partial charge < -0.3 is 10.3 Å². The molecule has 0 spiro atoms. The highest BCUT2D eigenvalue weighted by molar-refractivity contribution is 6.29. The lowest BCUT2D eigenvalue weighted by Gasteiger charge is -2.31. The van der Waals surface area contributed by atoms with E-state index in [2.05, 4.69) is 58.0 Å². The summed E-state index contributed by atoms with van der Waals surface area (Å²) in [6.07, 6.45) is 5.05. The predicted molar refractivity (Wildman–Crippen MR) is 116 cm³/mol. The zero-order chi connectivity index (χ0) is 21.3. The first kappa shape index (κ1) is 20.0. The van der Waals surface area contributed by atoms with E-state index in [1.54, 1.807) is 24.7 Å². The highest BCUT2D eigenvalue weighted by atomic mass is 35.5. The number of aromatic nitrogens is 5. The first-order valence-electron chi connectivity index (χ1n) is 9.52. The molecule has 0 fully saturated rings. The van der Waals surface area contributed by atoms with E-state index in [0.29, 0.717) is 16.9 Å². The summed E-state index contributed by atoms with van der Waals surface area (Å²) in [5.74, 6) is 1.51. The van der Waals surface area contributed by atoms with Gasteiger partial charge in [0.1, 0.15) is 5.15 Å². The summed E-state index contributed by atoms with van der Waals surface area (Å²) in [7, 11) is 0. The minimum atomic E-state index is -0.447. The van der Waals surface area contributed by atoms with Crippen LogP contribution in [0.4, 0.5) is 5.95 Å². The van der Waals surface area contributed by atoms with Gasteiger partial charge in [-0.25, -0.2) is 15.0 Å². The molecule has 0 aliphatic carbocycles. The van der Waals surface area contributed by atoms with Crippen molar-refractivity contribution in [2.75, 3.05) is 5.73 Å². The third kappa shape index (κ3) is 3.64. The molecule has 0 amide bonds. The molecule has 1 unspecified atom stereocenters. The lowest BCUT2D eigenvalue weighted by Crippen LogP contribution is -2.31. The van der Waals surface area contributed by atoms with Gasteiger partial charge in [-0.2, -0.15) is 4.98 Å². The Morgan fingerprint density at radius 1 is 0.900 bits per heavy atom. The molecule has 0 bridgehead atoms. The maximum absolute atomic E-state index is 5.87. The molecule has 3 heterocycles. The Hall–Kier alpha value is -3.32. The van der Waals surface area contributed by atoms with Crippen molar-refractivity contribution < 1.29 is 4.52 Å². The van der Waals surface area contributed by atoms with E-state index in [4.69, 9.17) is 21.9 Å². The number of nitrogens with zero attached hydrogens (tertiary/aromatic N) is 5. The van der Waals surface area contributed by atoms with E-state index in [0.717, 1.165) is 22.3 Å². The summed E-state index contributed by atoms with van der Waals surface area (Å²) < 4.78 is 5.54. The van der Waals surface area contributed by atoms with E-state index in [1.807, 2.05) is 18.2 Å². The van der Waals surface area contributed by atoms with Crippen molar-refractivity contribution in [2.24, 2.45) is 5.92 Å². The van der Waals surface area contributed by atoms with Crippen molar-refractivity contribution >= 4 is 17.5 Å². The molecule has 2 N–H and O–H groups in total. The summed E-state index contributed by atoms with van der Waals surface area (Å²) >= 11 is 5.87. The van der Waals surface area contributed by atoms with Crippen LogP contribution in [-0.2, 0) is 5.41 Å². The fourth-order valence-corrected chi connectivity index (χ4v) is 3.38. The molecular weight excluding hydrogens is 400 g/mol. The summed E-state index contributed by atoms with van der Waals surface area (Å²) in [5, 5.41) is 4.71. The number of anilines is 1. The fourth-order valence-electron chi connectivity index (χ4n) is 3.27. The minimum Gasteiger partial charge on any atom is -0.368 e. The number of rotatable bonds is 5. The Morgan fingerprint density at radius 3 is 2.13 bits per heavy atom. The number of halogens is 1. The average Bonchev–Trinajstić information content (AvgIpc) is 3.25. The van der Waals surface area contributed by atoms with Gasteiger partial charge >= 0.3 is 0 Å². The Bertz CT molecular complexity index is 1140. The van der Waals surface area contributed by atoms with Crippen LogP contribution in [0.5, 0.6) is 0 Å². The summed E-state index contributed by atoms with van der Waals surface area (Å²) in [6, 6.07) is 11.7. The van der Waals surface area contributed by atoms with Gasteiger partial charge in [-0.15, -0.1) is 0 Å². The summed E-state index contributed by atoms with van der Waals surface area (Å²) in [4.78, 5) is 16.9. The summed E-state index contributed by atoms with van der Waals surface area (Å²) in [6.45, 7) is 6.40. The van der Waals surface area contributed by atoms with Crippen molar-refractivity contribution in [1.82, 2.24) is 25.1 Å². The van der Waals surface area contributed by atoms with Crippen LogP contribution < -0.4 is 5.73 Å². The highest BCUT2D eigenvalue weighted by Crippen LogP contribution is 2.38. The second-order valence-corrected chi connectivity index (χ2v) is 7.94. The first-order valence-corrected chi connectivity index (χ1v) is 9.90. The van der Waals surface area contributed by atoms with Gasteiger partial charge in [0.25, 0.3) is 5.89 Å². The van der Waals surface area contributed by atoms with E-state index in [-0.39, 0.29) is 11.9 Å². The largest absolute Gasteiger partial charge is 0.368 e. The molecule has 3 aromatic heterocycles. The van der Waals surface area contributed by atoms with E-state index in [1.165, 1.54) is 0 Å². The smallest absolute Gasteiger partial charge is 0.259 e. The normalized spacial score (nSPS) is 13.4. The van der Waals surface area contributed by atoms with Gasteiger partial charge in [-0.3, -0.25) is 0 Å². The molecule has 8 heteroatoms. The molecule has 4 aromatic rings. The van der Waals surface area contributed by atoms with Crippen LogP contribution in [0.1, 0.15) is 32.2 Å². The molecule has 0 saturated carbocycles. The van der Waals surface area contributed by atoms with Crippen molar-refractivity contribution in [3.05, 3.63) is 71.5 Å². The van der Waals surface area contributed by atoms with Gasteiger partial charge in [-0.05, 0) is 36.1 Å². The van der Waals surface area contributed by atoms with Crippen LogP contribution >= 0.6 is 11.6 Å². The first-order chi connectivity index (χ1) is 14.4. The molecule has 1 atom stereocenters. The third-order valence-electron chi connectivity index (χ3n) is 5.51. The minimum absolute atomic E-state index is 0.219. The zero-order valence-corrected chi connectivity index (χ0v) is 17.6. The van der Waals surface area contributed by atoms with Crippen molar-refractivity contribution in [3.63, 3.8) is 0 Å². The van der Waals surface area contributed by atoms with Crippen LogP contribution in [0.25, 0.3) is 22.6 Å². The van der Waals surface area contributed by atoms with Crippen molar-refractivity contribution in [1.29, 1.82) is 0 Å². The van der Waals surface area contributed by atoms with Crippen LogP contribution in [0, 0.1) is 5.92 Å².